The summed E-state index contributed by atoms with van der Waals surface area (Å²) in [6.07, 6.45) is 2.67. The van der Waals surface area contributed by atoms with Gasteiger partial charge in [0.05, 0.1) is 4.90 Å². The van der Waals surface area contributed by atoms with Crippen LogP contribution in [0.2, 0.25) is 5.02 Å². The van der Waals surface area contributed by atoms with Crippen LogP contribution in [0, 0.1) is 12.7 Å². The highest BCUT2D eigenvalue weighted by atomic mass is 35.5. The fourth-order valence-corrected chi connectivity index (χ4v) is 4.33. The summed E-state index contributed by atoms with van der Waals surface area (Å²) >= 11 is 6.29. The fraction of sp³-hybridized carbons (Fsp3) is 0.130. The molecule has 0 fully saturated rings. The smallest absolute Gasteiger partial charge is 0.297 e. The zero-order chi connectivity index (χ0) is 21.3. The van der Waals surface area contributed by atoms with Gasteiger partial charge < -0.3 is 4.74 Å². The monoisotopic (exact) mass is 444 g/mol. The van der Waals surface area contributed by atoms with E-state index in [1.165, 1.54) is 24.3 Å². The van der Waals surface area contributed by atoms with Gasteiger partial charge >= 0.3 is 0 Å². The second kappa shape index (κ2) is 8.22. The van der Waals surface area contributed by atoms with Crippen molar-refractivity contribution in [1.29, 1.82) is 0 Å². The van der Waals surface area contributed by atoms with Crippen molar-refractivity contribution in [2.75, 3.05) is 6.61 Å². The molecular formula is C23H18ClFO4S. The van der Waals surface area contributed by atoms with Gasteiger partial charge in [-0.3, -0.25) is 4.18 Å². The van der Waals surface area contributed by atoms with E-state index in [1.54, 1.807) is 48.6 Å². The van der Waals surface area contributed by atoms with Gasteiger partial charge in [-0.25, -0.2) is 4.39 Å². The molecule has 4 nitrogen and oxygen atoms in total. The molecule has 3 aromatic carbocycles. The lowest BCUT2D eigenvalue weighted by Gasteiger charge is -2.24. The Kier molecular flexibility index (Phi) is 5.64. The second-order valence-corrected chi connectivity index (χ2v) is 8.94. The molecular weight excluding hydrogens is 427 g/mol. The molecule has 0 spiro atoms. The minimum atomic E-state index is -3.92. The largest absolute Gasteiger partial charge is 0.483 e. The van der Waals surface area contributed by atoms with Gasteiger partial charge in [0.25, 0.3) is 10.1 Å². The maximum absolute atomic E-state index is 14.2. The van der Waals surface area contributed by atoms with E-state index in [9.17, 15) is 12.8 Å². The first-order valence-corrected chi connectivity index (χ1v) is 11.0. The van der Waals surface area contributed by atoms with Crippen molar-refractivity contribution in [2.24, 2.45) is 0 Å². The van der Waals surface area contributed by atoms with Crippen molar-refractivity contribution < 1.29 is 21.7 Å². The lowest BCUT2D eigenvalue weighted by atomic mass is 9.99. The van der Waals surface area contributed by atoms with Gasteiger partial charge in [0, 0.05) is 21.7 Å². The Balaban J connectivity index is 1.58. The van der Waals surface area contributed by atoms with Crippen molar-refractivity contribution in [3.8, 4) is 16.9 Å². The fourth-order valence-electron chi connectivity index (χ4n) is 3.17. The molecule has 1 atom stereocenters. The minimum absolute atomic E-state index is 0.0760. The molecule has 0 unspecified atom stereocenters. The van der Waals surface area contributed by atoms with Gasteiger partial charge in [-0.15, -0.1) is 0 Å². The lowest BCUT2D eigenvalue weighted by Crippen LogP contribution is -2.25. The SMILES string of the molecule is Cc1ccc(S(=O)(=O)OC[C@H]2C=Cc3cc(F)cc(-c4ccccc4Cl)c3O2)cc1. The van der Waals surface area contributed by atoms with Crippen LogP contribution in [0.4, 0.5) is 4.39 Å². The predicted molar refractivity (Wildman–Crippen MR) is 115 cm³/mol. The van der Waals surface area contributed by atoms with E-state index >= 15 is 0 Å². The summed E-state index contributed by atoms with van der Waals surface area (Å²) in [6.45, 7) is 1.65. The molecule has 0 aliphatic carbocycles. The van der Waals surface area contributed by atoms with Crippen molar-refractivity contribution in [1.82, 2.24) is 0 Å². The number of fused-ring (bicyclic) bond motifs is 1. The van der Waals surface area contributed by atoms with Crippen molar-refractivity contribution in [2.45, 2.75) is 17.9 Å². The summed E-state index contributed by atoms with van der Waals surface area (Å²) in [7, 11) is -3.92. The standard InChI is InChI=1S/C23H18ClFO4S/c1-15-6-10-19(11-7-15)30(26,27)28-14-18-9-8-16-12-17(25)13-21(23(16)29-18)20-4-2-3-5-22(20)24/h2-13,18H,14H2,1H3/t18-/m1/s1. The Morgan fingerprint density at radius 2 is 1.80 bits per heavy atom. The molecule has 0 radical (unpaired) electrons. The number of benzene rings is 3. The van der Waals surface area contributed by atoms with Crippen LogP contribution in [0.15, 0.2) is 71.6 Å². The molecule has 4 rings (SSSR count). The molecule has 0 saturated carbocycles. The van der Waals surface area contributed by atoms with Gasteiger partial charge in [-0.2, -0.15) is 8.42 Å². The first kappa shape index (κ1) is 20.6. The van der Waals surface area contributed by atoms with Crippen LogP contribution in [0.5, 0.6) is 5.75 Å². The van der Waals surface area contributed by atoms with E-state index in [0.717, 1.165) is 5.56 Å². The number of ether oxygens (including phenoxy) is 1. The quantitative estimate of drug-likeness (QED) is 0.478. The van der Waals surface area contributed by atoms with E-state index in [-0.39, 0.29) is 11.5 Å². The minimum Gasteiger partial charge on any atom is -0.483 e. The van der Waals surface area contributed by atoms with Gasteiger partial charge in [-0.05, 0) is 43.3 Å². The third-order valence-corrected chi connectivity index (χ3v) is 6.33. The normalized spacial score (nSPS) is 15.5. The van der Waals surface area contributed by atoms with E-state index in [1.807, 2.05) is 6.92 Å². The first-order chi connectivity index (χ1) is 14.3. The number of halogens is 2. The van der Waals surface area contributed by atoms with E-state index in [2.05, 4.69) is 0 Å². The molecule has 0 saturated heterocycles. The molecule has 0 N–H and O–H groups in total. The van der Waals surface area contributed by atoms with Gasteiger partial charge in [0.2, 0.25) is 0 Å². The Morgan fingerprint density at radius 3 is 2.53 bits per heavy atom. The van der Waals surface area contributed by atoms with Crippen molar-refractivity contribution in [3.63, 3.8) is 0 Å². The topological polar surface area (TPSA) is 52.6 Å². The van der Waals surface area contributed by atoms with Gasteiger partial charge in [0.1, 0.15) is 24.3 Å². The number of hydrogen-bond acceptors (Lipinski definition) is 4. The van der Waals surface area contributed by atoms with Gasteiger partial charge in [0.15, 0.2) is 0 Å². The van der Waals surface area contributed by atoms with E-state index < -0.39 is 22.0 Å². The summed E-state index contributed by atoms with van der Waals surface area (Å²) < 4.78 is 50.2. The summed E-state index contributed by atoms with van der Waals surface area (Å²) in [5.41, 5.74) is 2.61. The zero-order valence-electron chi connectivity index (χ0n) is 16.0. The van der Waals surface area contributed by atoms with Crippen LogP contribution >= 0.6 is 11.6 Å². The highest BCUT2D eigenvalue weighted by molar-refractivity contribution is 7.86. The molecule has 3 aromatic rings. The van der Waals surface area contributed by atoms with Crippen LogP contribution < -0.4 is 4.74 Å². The lowest BCUT2D eigenvalue weighted by molar-refractivity contribution is 0.166. The maximum atomic E-state index is 14.2. The second-order valence-electron chi connectivity index (χ2n) is 6.92. The summed E-state index contributed by atoms with van der Waals surface area (Å²) in [5, 5.41) is 0.457. The first-order valence-electron chi connectivity index (χ1n) is 9.23. The van der Waals surface area contributed by atoms with Crippen LogP contribution in [-0.2, 0) is 14.3 Å². The molecule has 1 aliphatic rings. The third kappa shape index (κ3) is 4.26. The Labute approximate surface area is 179 Å². The average Bonchev–Trinajstić information content (AvgIpc) is 2.72. The molecule has 1 aliphatic heterocycles. The molecule has 1 heterocycles. The maximum Gasteiger partial charge on any atom is 0.297 e. The molecule has 0 amide bonds. The highest BCUT2D eigenvalue weighted by Gasteiger charge is 2.24. The van der Waals surface area contributed by atoms with Crippen LogP contribution in [0.3, 0.4) is 0 Å². The Morgan fingerprint density at radius 1 is 1.07 bits per heavy atom. The van der Waals surface area contributed by atoms with Crippen LogP contribution in [-0.4, -0.2) is 21.1 Å². The number of hydrogen-bond donors (Lipinski definition) is 0. The predicted octanol–water partition coefficient (Wildman–Crippen LogP) is 5.63. The van der Waals surface area contributed by atoms with E-state index in [0.29, 0.717) is 27.5 Å². The zero-order valence-corrected chi connectivity index (χ0v) is 17.6. The van der Waals surface area contributed by atoms with Crippen molar-refractivity contribution in [3.05, 3.63) is 88.7 Å². The summed E-state index contributed by atoms with van der Waals surface area (Å²) in [4.78, 5) is 0.0760. The Hall–Kier alpha value is -2.67. The molecule has 0 bridgehead atoms. The number of rotatable bonds is 5. The van der Waals surface area contributed by atoms with Crippen LogP contribution in [0.1, 0.15) is 11.1 Å². The molecule has 30 heavy (non-hydrogen) atoms. The summed E-state index contributed by atoms with van der Waals surface area (Å²) in [6, 6.07) is 16.2. The van der Waals surface area contributed by atoms with Gasteiger partial charge in [-0.1, -0.05) is 53.6 Å². The molecule has 154 valence electrons. The Bertz CT molecular complexity index is 1220. The molecule has 0 aromatic heterocycles. The van der Waals surface area contributed by atoms with Crippen LogP contribution in [0.25, 0.3) is 17.2 Å². The highest BCUT2D eigenvalue weighted by Crippen LogP contribution is 2.40. The van der Waals surface area contributed by atoms with E-state index in [4.69, 9.17) is 20.5 Å². The third-order valence-electron chi connectivity index (χ3n) is 4.70. The summed E-state index contributed by atoms with van der Waals surface area (Å²) in [5.74, 6) is 0.00176. The number of aryl methyl sites for hydroxylation is 1. The average molecular weight is 445 g/mol. The molecule has 7 heteroatoms. The van der Waals surface area contributed by atoms with Crippen molar-refractivity contribution >= 4 is 27.8 Å².